The lowest BCUT2D eigenvalue weighted by atomic mass is 10.1. The van der Waals surface area contributed by atoms with Crippen molar-refractivity contribution in [3.05, 3.63) is 35.9 Å². The molecule has 0 fully saturated rings. The van der Waals surface area contributed by atoms with Crippen LogP contribution < -0.4 is 10.6 Å². The highest BCUT2D eigenvalue weighted by molar-refractivity contribution is 5.73. The summed E-state index contributed by atoms with van der Waals surface area (Å²) in [7, 11) is 1.61. The van der Waals surface area contributed by atoms with Gasteiger partial charge in [0, 0.05) is 13.6 Å². The molecule has 0 saturated heterocycles. The van der Waals surface area contributed by atoms with E-state index in [0.29, 0.717) is 6.54 Å². The fourth-order valence-electron chi connectivity index (χ4n) is 1.05. The predicted octanol–water partition coefficient (Wildman–Crippen LogP) is 1.16. The lowest BCUT2D eigenvalue weighted by Gasteiger charge is -2.03. The first-order valence-corrected chi connectivity index (χ1v) is 4.32. The van der Waals surface area contributed by atoms with Crippen molar-refractivity contribution in [2.75, 3.05) is 13.6 Å². The fourth-order valence-corrected chi connectivity index (χ4v) is 1.05. The molecule has 1 aromatic carbocycles. The van der Waals surface area contributed by atoms with Crippen molar-refractivity contribution in [2.45, 2.75) is 6.42 Å². The van der Waals surface area contributed by atoms with Crippen molar-refractivity contribution in [3.63, 3.8) is 0 Å². The van der Waals surface area contributed by atoms with Crippen molar-refractivity contribution >= 4 is 6.03 Å². The van der Waals surface area contributed by atoms with Gasteiger partial charge in [-0.25, -0.2) is 4.79 Å². The first-order chi connectivity index (χ1) is 6.33. The molecular weight excluding hydrogens is 164 g/mol. The van der Waals surface area contributed by atoms with Crippen molar-refractivity contribution in [1.82, 2.24) is 10.6 Å². The highest BCUT2D eigenvalue weighted by atomic mass is 16.2. The van der Waals surface area contributed by atoms with E-state index in [1.165, 1.54) is 5.56 Å². The van der Waals surface area contributed by atoms with Gasteiger partial charge in [-0.05, 0) is 12.0 Å². The molecule has 2 N–H and O–H groups in total. The number of amides is 2. The molecule has 0 bridgehead atoms. The van der Waals surface area contributed by atoms with Crippen LogP contribution in [0.15, 0.2) is 30.3 Å². The van der Waals surface area contributed by atoms with E-state index in [0.717, 1.165) is 6.42 Å². The molecule has 0 aromatic heterocycles. The Kier molecular flexibility index (Phi) is 3.82. The van der Waals surface area contributed by atoms with Crippen LogP contribution in [0.5, 0.6) is 0 Å². The zero-order chi connectivity index (χ0) is 9.52. The number of urea groups is 1. The quantitative estimate of drug-likeness (QED) is 0.716. The summed E-state index contributed by atoms with van der Waals surface area (Å²) in [6, 6.07) is 9.94. The summed E-state index contributed by atoms with van der Waals surface area (Å²) in [5.41, 5.74) is 1.24. The average molecular weight is 178 g/mol. The largest absolute Gasteiger partial charge is 0.341 e. The third kappa shape index (κ3) is 3.60. The Labute approximate surface area is 78.2 Å². The van der Waals surface area contributed by atoms with Crippen LogP contribution >= 0.6 is 0 Å². The number of nitrogens with one attached hydrogen (secondary N) is 2. The van der Waals surface area contributed by atoms with E-state index in [-0.39, 0.29) is 6.03 Å². The van der Waals surface area contributed by atoms with E-state index in [1.807, 2.05) is 30.3 Å². The van der Waals surface area contributed by atoms with Gasteiger partial charge < -0.3 is 10.6 Å². The molecule has 1 rings (SSSR count). The first kappa shape index (κ1) is 9.58. The molecule has 0 aliphatic rings. The van der Waals surface area contributed by atoms with Crippen molar-refractivity contribution in [1.29, 1.82) is 0 Å². The first-order valence-electron chi connectivity index (χ1n) is 4.32. The second-order valence-corrected chi connectivity index (χ2v) is 2.74. The van der Waals surface area contributed by atoms with Crippen LogP contribution in [0.3, 0.4) is 0 Å². The molecule has 0 saturated carbocycles. The summed E-state index contributed by atoms with van der Waals surface area (Å²) in [6.45, 7) is 0.670. The monoisotopic (exact) mass is 178 g/mol. The number of rotatable bonds is 3. The third-order valence-electron chi connectivity index (χ3n) is 1.77. The number of benzene rings is 1. The second kappa shape index (κ2) is 5.19. The van der Waals surface area contributed by atoms with Gasteiger partial charge in [-0.1, -0.05) is 30.3 Å². The highest BCUT2D eigenvalue weighted by Gasteiger charge is 1.94. The number of carbonyl (C=O) groups excluding carboxylic acids is 1. The molecule has 3 heteroatoms. The molecule has 0 spiro atoms. The minimum atomic E-state index is -0.129. The summed E-state index contributed by atoms with van der Waals surface area (Å²) in [5.74, 6) is 0. The molecule has 0 atom stereocenters. The van der Waals surface area contributed by atoms with Crippen LogP contribution in [-0.4, -0.2) is 19.6 Å². The molecule has 13 heavy (non-hydrogen) atoms. The average Bonchev–Trinajstić information content (AvgIpc) is 2.19. The van der Waals surface area contributed by atoms with Gasteiger partial charge >= 0.3 is 6.03 Å². The molecule has 70 valence electrons. The Balaban J connectivity index is 2.24. The molecule has 0 heterocycles. The van der Waals surface area contributed by atoms with Gasteiger partial charge in [0.25, 0.3) is 0 Å². The van der Waals surface area contributed by atoms with E-state index < -0.39 is 0 Å². The molecule has 2 amide bonds. The number of carbonyl (C=O) groups is 1. The van der Waals surface area contributed by atoms with Crippen LogP contribution in [0.2, 0.25) is 0 Å². The van der Waals surface area contributed by atoms with Crippen LogP contribution in [-0.2, 0) is 6.42 Å². The highest BCUT2D eigenvalue weighted by Crippen LogP contribution is 1.97. The molecule has 0 unspecified atom stereocenters. The van der Waals surface area contributed by atoms with Crippen molar-refractivity contribution in [3.8, 4) is 0 Å². The molecule has 0 aliphatic heterocycles. The van der Waals surface area contributed by atoms with E-state index in [9.17, 15) is 4.79 Å². The fraction of sp³-hybridized carbons (Fsp3) is 0.300. The lowest BCUT2D eigenvalue weighted by molar-refractivity contribution is 0.243. The third-order valence-corrected chi connectivity index (χ3v) is 1.77. The lowest BCUT2D eigenvalue weighted by Crippen LogP contribution is -2.33. The van der Waals surface area contributed by atoms with Gasteiger partial charge in [-0.3, -0.25) is 0 Å². The minimum absolute atomic E-state index is 0.129. The summed E-state index contributed by atoms with van der Waals surface area (Å²) < 4.78 is 0. The molecular formula is C10H14N2O. The standard InChI is InChI=1S/C10H14N2O/c1-11-10(13)12-8-7-9-5-3-2-4-6-9/h2-6H,7-8H2,1H3,(H2,11,12,13). The summed E-state index contributed by atoms with van der Waals surface area (Å²) in [5, 5.41) is 5.23. The zero-order valence-electron chi connectivity index (χ0n) is 7.71. The molecule has 0 aliphatic carbocycles. The maximum atomic E-state index is 10.8. The second-order valence-electron chi connectivity index (χ2n) is 2.74. The Hall–Kier alpha value is -1.51. The van der Waals surface area contributed by atoms with Gasteiger partial charge in [0.05, 0.1) is 0 Å². The Morgan fingerprint density at radius 3 is 2.62 bits per heavy atom. The van der Waals surface area contributed by atoms with E-state index >= 15 is 0 Å². The Morgan fingerprint density at radius 1 is 1.31 bits per heavy atom. The van der Waals surface area contributed by atoms with Crippen LogP contribution in [0.4, 0.5) is 4.79 Å². The normalized spacial score (nSPS) is 9.31. The van der Waals surface area contributed by atoms with Gasteiger partial charge in [0.15, 0.2) is 0 Å². The van der Waals surface area contributed by atoms with E-state index in [4.69, 9.17) is 0 Å². The molecule has 3 nitrogen and oxygen atoms in total. The number of hydrogen-bond acceptors (Lipinski definition) is 1. The summed E-state index contributed by atoms with van der Waals surface area (Å²) >= 11 is 0. The Bertz CT molecular complexity index is 259. The Morgan fingerprint density at radius 2 is 2.00 bits per heavy atom. The molecule has 0 radical (unpaired) electrons. The van der Waals surface area contributed by atoms with Gasteiger partial charge in [-0.15, -0.1) is 0 Å². The number of hydrogen-bond donors (Lipinski definition) is 2. The SMILES string of the molecule is CNC(=O)NCCc1ccccc1. The molecule has 1 aromatic rings. The van der Waals surface area contributed by atoms with Gasteiger partial charge in [0.2, 0.25) is 0 Å². The van der Waals surface area contributed by atoms with Gasteiger partial charge in [-0.2, -0.15) is 0 Å². The van der Waals surface area contributed by atoms with Crippen LogP contribution in [0, 0.1) is 0 Å². The maximum Gasteiger partial charge on any atom is 0.314 e. The summed E-state index contributed by atoms with van der Waals surface area (Å²) in [6.07, 6.45) is 0.869. The van der Waals surface area contributed by atoms with Crippen molar-refractivity contribution < 1.29 is 4.79 Å². The van der Waals surface area contributed by atoms with Gasteiger partial charge in [0.1, 0.15) is 0 Å². The van der Waals surface area contributed by atoms with Crippen LogP contribution in [0.25, 0.3) is 0 Å². The topological polar surface area (TPSA) is 41.1 Å². The van der Waals surface area contributed by atoms with E-state index in [2.05, 4.69) is 10.6 Å². The predicted molar refractivity (Wildman–Crippen MR) is 52.6 cm³/mol. The summed E-state index contributed by atoms with van der Waals surface area (Å²) in [4.78, 5) is 10.8. The maximum absolute atomic E-state index is 10.8. The van der Waals surface area contributed by atoms with Crippen LogP contribution in [0.1, 0.15) is 5.56 Å². The van der Waals surface area contributed by atoms with E-state index in [1.54, 1.807) is 7.05 Å². The minimum Gasteiger partial charge on any atom is -0.341 e. The zero-order valence-corrected chi connectivity index (χ0v) is 7.71. The smallest absolute Gasteiger partial charge is 0.314 e. The van der Waals surface area contributed by atoms with Crippen molar-refractivity contribution in [2.24, 2.45) is 0 Å².